The number of ether oxygens (including phenoxy) is 1. The van der Waals surface area contributed by atoms with E-state index in [4.69, 9.17) is 4.74 Å². The van der Waals surface area contributed by atoms with Gasteiger partial charge in [-0.2, -0.15) is 11.8 Å². The quantitative estimate of drug-likeness (QED) is 0.127. The first-order valence-corrected chi connectivity index (χ1v) is 17.2. The Morgan fingerprint density at radius 3 is 2.40 bits per heavy atom. The molecule has 0 unspecified atom stereocenters. The smallest absolute Gasteiger partial charge is 0.339 e. The number of phenols is 2. The van der Waals surface area contributed by atoms with Crippen LogP contribution in [0.5, 0.6) is 11.5 Å². The second kappa shape index (κ2) is 17.2. The topological polar surface area (TPSA) is 281 Å². The molecule has 5 amide bonds. The van der Waals surface area contributed by atoms with Gasteiger partial charge in [-0.1, -0.05) is 18.2 Å². The number of nitrogens with one attached hydrogen (secondary N) is 4. The first-order valence-electron chi connectivity index (χ1n) is 16.0. The van der Waals surface area contributed by atoms with E-state index < -0.39 is 103 Å². The molecule has 2 heterocycles. The maximum Gasteiger partial charge on any atom is 0.339 e. The van der Waals surface area contributed by atoms with Crippen molar-refractivity contribution in [3.05, 3.63) is 58.7 Å². The molecule has 0 aliphatic carbocycles. The Bertz CT molecular complexity index is 1730. The fourth-order valence-electron chi connectivity index (χ4n) is 5.57. The predicted octanol–water partition coefficient (Wildman–Crippen LogP) is -1.88. The van der Waals surface area contributed by atoms with Crippen LogP contribution in [0, 0.1) is 6.92 Å². The van der Waals surface area contributed by atoms with Gasteiger partial charge in [-0.05, 0) is 32.4 Å². The molecule has 2 aromatic carbocycles. The molecular weight excluding hydrogens is 706 g/mol. The molecule has 9 N–H and O–H groups in total. The van der Waals surface area contributed by atoms with Crippen LogP contribution < -0.4 is 21.3 Å². The average Bonchev–Trinajstić information content (AvgIpc) is 3.50. The third-order valence-electron chi connectivity index (χ3n) is 8.49. The number of aliphatic carboxylic acids is 1. The summed E-state index contributed by atoms with van der Waals surface area (Å²) >= 11 is 0.975. The van der Waals surface area contributed by atoms with Crippen LogP contribution in [0.3, 0.4) is 0 Å². The zero-order valence-electron chi connectivity index (χ0n) is 28.0. The molecule has 0 radical (unpaired) electrons. The molecule has 0 spiro atoms. The molecule has 2 aromatic rings. The average molecular weight is 746 g/mol. The number of phenolic OH excluding ortho intramolecular Hbond substituents is 2. The van der Waals surface area contributed by atoms with Crippen LogP contribution >= 0.6 is 11.8 Å². The molecular formula is C33H39N5O13S. The van der Waals surface area contributed by atoms with Crippen LogP contribution in [0.15, 0.2) is 36.4 Å². The Hall–Kier alpha value is -5.40. The lowest BCUT2D eigenvalue weighted by Crippen LogP contribution is -2.61. The lowest BCUT2D eigenvalue weighted by molar-refractivity contribution is -0.143. The SMILES string of the molecule is Cc1c(O)cc(O)c2c1C(=O)OC[C@H](NC(=O)[C@@H]1[C@H](O)CCN1C(=O)[C@H](CO)NC(=O)c1ccccc1)C(=O)N[C@@H](C(=O)N[C@@H](C)C(=O)O)CSC2. The van der Waals surface area contributed by atoms with Crippen LogP contribution in [-0.2, 0) is 34.5 Å². The van der Waals surface area contributed by atoms with Gasteiger partial charge in [0, 0.05) is 40.8 Å². The van der Waals surface area contributed by atoms with Gasteiger partial charge in [0.2, 0.25) is 23.6 Å². The number of aliphatic hydroxyl groups excluding tert-OH is 2. The fourth-order valence-corrected chi connectivity index (χ4v) is 6.65. The summed E-state index contributed by atoms with van der Waals surface area (Å²) in [4.78, 5) is 92.3. The molecule has 0 saturated carbocycles. The largest absolute Gasteiger partial charge is 0.508 e. The van der Waals surface area contributed by atoms with Crippen molar-refractivity contribution in [2.75, 3.05) is 25.5 Å². The molecule has 0 bridgehead atoms. The highest BCUT2D eigenvalue weighted by Gasteiger charge is 2.44. The number of carbonyl (C=O) groups is 7. The summed E-state index contributed by atoms with van der Waals surface area (Å²) < 4.78 is 5.37. The normalized spacial score (nSPS) is 21.9. The van der Waals surface area contributed by atoms with Gasteiger partial charge in [0.15, 0.2) is 0 Å². The predicted molar refractivity (Wildman–Crippen MR) is 181 cm³/mol. The Morgan fingerprint density at radius 2 is 1.75 bits per heavy atom. The van der Waals surface area contributed by atoms with Gasteiger partial charge in [0.05, 0.1) is 18.3 Å². The number of carboxylic acid groups (broad SMARTS) is 1. The van der Waals surface area contributed by atoms with E-state index in [-0.39, 0.29) is 46.7 Å². The lowest BCUT2D eigenvalue weighted by Gasteiger charge is -2.30. The van der Waals surface area contributed by atoms with Crippen molar-refractivity contribution in [3.8, 4) is 11.5 Å². The highest BCUT2D eigenvalue weighted by molar-refractivity contribution is 7.98. The molecule has 280 valence electrons. The number of carbonyl (C=O) groups excluding carboxylic acids is 6. The molecule has 19 heteroatoms. The van der Waals surface area contributed by atoms with Crippen molar-refractivity contribution in [1.82, 2.24) is 26.2 Å². The summed E-state index contributed by atoms with van der Waals surface area (Å²) in [5, 5.41) is 60.3. The van der Waals surface area contributed by atoms with Gasteiger partial charge in [-0.25, -0.2) is 4.79 Å². The highest BCUT2D eigenvalue weighted by atomic mass is 32.2. The number of amides is 5. The van der Waals surface area contributed by atoms with Crippen molar-refractivity contribution in [1.29, 1.82) is 0 Å². The van der Waals surface area contributed by atoms with E-state index in [9.17, 15) is 59.1 Å². The Labute approximate surface area is 300 Å². The van der Waals surface area contributed by atoms with Crippen LogP contribution in [0.25, 0.3) is 0 Å². The minimum Gasteiger partial charge on any atom is -0.508 e. The molecule has 6 atom stereocenters. The zero-order valence-corrected chi connectivity index (χ0v) is 28.8. The highest BCUT2D eigenvalue weighted by Crippen LogP contribution is 2.35. The number of carboxylic acids is 1. The summed E-state index contributed by atoms with van der Waals surface area (Å²) in [7, 11) is 0. The Morgan fingerprint density at radius 1 is 1.06 bits per heavy atom. The molecule has 2 aliphatic rings. The number of nitrogens with zero attached hydrogens (tertiary/aromatic N) is 1. The number of cyclic esters (lactones) is 1. The molecule has 0 aromatic heterocycles. The Kier molecular flexibility index (Phi) is 13.0. The van der Waals surface area contributed by atoms with E-state index in [0.29, 0.717) is 0 Å². The first kappa shape index (κ1) is 39.4. The summed E-state index contributed by atoms with van der Waals surface area (Å²) in [5.41, 5.74) is 0.0359. The first-order chi connectivity index (χ1) is 24.6. The minimum absolute atomic E-state index is 0.0334. The number of esters is 1. The number of aliphatic hydroxyl groups is 2. The molecule has 4 rings (SSSR count). The third kappa shape index (κ3) is 9.09. The summed E-state index contributed by atoms with van der Waals surface area (Å²) in [6, 6.07) is 1.17. The summed E-state index contributed by atoms with van der Waals surface area (Å²) in [6.45, 7) is 0.683. The van der Waals surface area contributed by atoms with Gasteiger partial charge in [-0.3, -0.25) is 28.8 Å². The number of hydrogen-bond donors (Lipinski definition) is 9. The van der Waals surface area contributed by atoms with E-state index in [2.05, 4.69) is 21.3 Å². The van der Waals surface area contributed by atoms with Crippen molar-refractivity contribution >= 4 is 53.2 Å². The van der Waals surface area contributed by atoms with Crippen LogP contribution in [0.2, 0.25) is 0 Å². The second-order valence-corrected chi connectivity index (χ2v) is 13.1. The maximum atomic E-state index is 13.7. The van der Waals surface area contributed by atoms with E-state index in [1.165, 1.54) is 26.0 Å². The minimum atomic E-state index is -1.76. The maximum absolute atomic E-state index is 13.7. The van der Waals surface area contributed by atoms with Gasteiger partial charge < -0.3 is 56.4 Å². The van der Waals surface area contributed by atoms with Crippen LogP contribution in [-0.4, -0.2) is 134 Å². The lowest BCUT2D eigenvalue weighted by atomic mass is 10.0. The van der Waals surface area contributed by atoms with Gasteiger partial charge in [-0.15, -0.1) is 0 Å². The van der Waals surface area contributed by atoms with Crippen molar-refractivity contribution in [2.24, 2.45) is 0 Å². The van der Waals surface area contributed by atoms with Gasteiger partial charge in [0.25, 0.3) is 5.91 Å². The number of fused-ring (bicyclic) bond motifs is 1. The van der Waals surface area contributed by atoms with E-state index in [1.807, 2.05) is 0 Å². The van der Waals surface area contributed by atoms with Crippen molar-refractivity contribution in [2.45, 2.75) is 62.3 Å². The molecule has 1 fully saturated rings. The van der Waals surface area contributed by atoms with Gasteiger partial charge >= 0.3 is 11.9 Å². The summed E-state index contributed by atoms with van der Waals surface area (Å²) in [6.07, 6.45) is -1.55. The number of rotatable bonds is 9. The zero-order chi connectivity index (χ0) is 38.3. The Balaban J connectivity index is 1.61. The van der Waals surface area contributed by atoms with Crippen LogP contribution in [0.4, 0.5) is 0 Å². The fraction of sp³-hybridized carbons (Fsp3) is 0.424. The number of thioether (sulfide) groups is 1. The molecule has 1 saturated heterocycles. The number of aromatic hydroxyl groups is 2. The third-order valence-corrected chi connectivity index (χ3v) is 9.56. The molecule has 18 nitrogen and oxygen atoms in total. The van der Waals surface area contributed by atoms with Gasteiger partial charge in [0.1, 0.15) is 48.3 Å². The van der Waals surface area contributed by atoms with E-state index >= 15 is 0 Å². The van der Waals surface area contributed by atoms with E-state index in [1.54, 1.807) is 18.2 Å². The van der Waals surface area contributed by atoms with E-state index in [0.717, 1.165) is 22.7 Å². The van der Waals surface area contributed by atoms with Crippen molar-refractivity contribution < 1.29 is 63.8 Å². The standard InChI is InChI=1S/C33H39N5O13S/c1-15-23(41)10-24(42)18-13-52-14-21(29(45)34-16(2)32(48)49)37-28(44)20(12-51-33(50)25(15)18)36-30(46)26-22(40)8-9-38(26)31(47)19(11-39)35-27(43)17-6-4-3-5-7-17/h3-7,10,16,19-22,26,39-42H,8-9,11-14H2,1-2H3,(H,34,45)(H,35,43)(H,36,46)(H,37,44)(H,48,49)/t16-,19-,20-,21+,22+,26-/m0/s1. The molecule has 2 aliphatic heterocycles. The number of likely N-dealkylation sites (tertiary alicyclic amines) is 1. The van der Waals surface area contributed by atoms with Crippen LogP contribution in [0.1, 0.15) is 45.2 Å². The molecule has 52 heavy (non-hydrogen) atoms. The summed E-state index contributed by atoms with van der Waals surface area (Å²) in [5.74, 6) is -8.29. The second-order valence-electron chi connectivity index (χ2n) is 12.1. The monoisotopic (exact) mass is 745 g/mol. The van der Waals surface area contributed by atoms with Crippen molar-refractivity contribution in [3.63, 3.8) is 0 Å². The number of hydrogen-bond acceptors (Lipinski definition) is 13. The number of benzene rings is 2.